The van der Waals surface area contributed by atoms with E-state index in [9.17, 15) is 0 Å². The monoisotopic (exact) mass is 219 g/mol. The number of ether oxygens (including phenoxy) is 1. The predicted molar refractivity (Wildman–Crippen MR) is 66.6 cm³/mol. The van der Waals surface area contributed by atoms with Crippen LogP contribution in [0.4, 0.5) is 0 Å². The molecule has 16 heavy (non-hydrogen) atoms. The third-order valence-electron chi connectivity index (χ3n) is 3.52. The van der Waals surface area contributed by atoms with Crippen LogP contribution < -0.4 is 10.5 Å². The molecule has 88 valence electrons. The molecule has 2 rings (SSSR count). The van der Waals surface area contributed by atoms with Crippen molar-refractivity contribution in [3.8, 4) is 5.75 Å². The molecule has 2 atom stereocenters. The van der Waals surface area contributed by atoms with Crippen molar-refractivity contribution in [1.29, 1.82) is 0 Å². The molecule has 2 heteroatoms. The number of nitrogens with two attached hydrogens (primary N) is 1. The minimum absolute atomic E-state index is 0.331. The van der Waals surface area contributed by atoms with Crippen LogP contribution in [-0.2, 0) is 6.42 Å². The summed E-state index contributed by atoms with van der Waals surface area (Å²) in [7, 11) is 0. The lowest BCUT2D eigenvalue weighted by Crippen LogP contribution is -2.27. The van der Waals surface area contributed by atoms with Gasteiger partial charge < -0.3 is 10.5 Å². The summed E-state index contributed by atoms with van der Waals surface area (Å²) in [5.41, 5.74) is 7.06. The molecule has 0 saturated heterocycles. The van der Waals surface area contributed by atoms with Gasteiger partial charge >= 0.3 is 0 Å². The molecular weight excluding hydrogens is 198 g/mol. The van der Waals surface area contributed by atoms with Crippen molar-refractivity contribution in [2.45, 2.75) is 38.7 Å². The molecule has 1 aliphatic carbocycles. The van der Waals surface area contributed by atoms with Gasteiger partial charge in [-0.15, -0.1) is 0 Å². The predicted octanol–water partition coefficient (Wildman–Crippen LogP) is 2.76. The molecule has 1 aliphatic rings. The second-order valence-corrected chi connectivity index (χ2v) is 4.54. The lowest BCUT2D eigenvalue weighted by molar-refractivity contribution is 0.161. The van der Waals surface area contributed by atoms with E-state index < -0.39 is 0 Å². The maximum Gasteiger partial charge on any atom is 0.122 e. The molecule has 0 aromatic heterocycles. The number of aryl methyl sites for hydroxylation is 1. The van der Waals surface area contributed by atoms with E-state index >= 15 is 0 Å². The van der Waals surface area contributed by atoms with Gasteiger partial charge in [0.05, 0.1) is 0 Å². The Labute approximate surface area is 97.8 Å². The number of benzene rings is 1. The van der Waals surface area contributed by atoms with Crippen LogP contribution in [0, 0.1) is 5.92 Å². The van der Waals surface area contributed by atoms with Gasteiger partial charge in [-0.1, -0.05) is 25.1 Å². The highest BCUT2D eigenvalue weighted by Gasteiger charge is 2.28. The van der Waals surface area contributed by atoms with Gasteiger partial charge in [-0.05, 0) is 43.9 Å². The highest BCUT2D eigenvalue weighted by Crippen LogP contribution is 2.30. The Bertz CT molecular complexity index is 337. The van der Waals surface area contributed by atoms with Crippen LogP contribution in [0.3, 0.4) is 0 Å². The zero-order valence-electron chi connectivity index (χ0n) is 9.99. The minimum Gasteiger partial charge on any atom is -0.490 e. The molecule has 1 fully saturated rings. The molecule has 1 aromatic rings. The topological polar surface area (TPSA) is 35.2 Å². The van der Waals surface area contributed by atoms with Crippen molar-refractivity contribution in [3.63, 3.8) is 0 Å². The molecule has 1 saturated carbocycles. The number of hydrogen-bond acceptors (Lipinski definition) is 2. The van der Waals surface area contributed by atoms with E-state index in [0.29, 0.717) is 12.0 Å². The standard InChI is InChI=1S/C14H21NO/c1-2-11-6-3-4-8-13(11)16-14-9-5-7-12(14)10-15/h3-4,6,8,12,14H,2,5,7,9-10,15H2,1H3. The van der Waals surface area contributed by atoms with Crippen LogP contribution in [0.25, 0.3) is 0 Å². The molecule has 0 radical (unpaired) electrons. The average Bonchev–Trinajstić information content (AvgIpc) is 2.77. The average molecular weight is 219 g/mol. The number of para-hydroxylation sites is 1. The van der Waals surface area contributed by atoms with Crippen LogP contribution >= 0.6 is 0 Å². The van der Waals surface area contributed by atoms with E-state index in [1.807, 2.05) is 6.07 Å². The summed E-state index contributed by atoms with van der Waals surface area (Å²) in [6, 6.07) is 8.33. The molecule has 1 aromatic carbocycles. The van der Waals surface area contributed by atoms with Gasteiger partial charge in [0.1, 0.15) is 11.9 Å². The van der Waals surface area contributed by atoms with E-state index in [0.717, 1.165) is 25.1 Å². The highest BCUT2D eigenvalue weighted by atomic mass is 16.5. The SMILES string of the molecule is CCc1ccccc1OC1CCCC1CN. The third kappa shape index (κ3) is 2.38. The molecule has 2 unspecified atom stereocenters. The van der Waals surface area contributed by atoms with Crippen LogP contribution in [-0.4, -0.2) is 12.6 Å². The maximum atomic E-state index is 6.12. The van der Waals surface area contributed by atoms with Gasteiger partial charge in [0.2, 0.25) is 0 Å². The van der Waals surface area contributed by atoms with E-state index in [2.05, 4.69) is 25.1 Å². The summed E-state index contributed by atoms with van der Waals surface area (Å²) < 4.78 is 6.12. The van der Waals surface area contributed by atoms with E-state index in [-0.39, 0.29) is 0 Å². The molecule has 0 amide bonds. The van der Waals surface area contributed by atoms with Crippen molar-refractivity contribution in [3.05, 3.63) is 29.8 Å². The minimum atomic E-state index is 0.331. The Morgan fingerprint density at radius 1 is 1.31 bits per heavy atom. The van der Waals surface area contributed by atoms with Crippen molar-refractivity contribution in [1.82, 2.24) is 0 Å². The van der Waals surface area contributed by atoms with Gasteiger partial charge in [0, 0.05) is 5.92 Å². The summed E-state index contributed by atoms with van der Waals surface area (Å²) in [6.45, 7) is 2.91. The number of hydrogen-bond donors (Lipinski definition) is 1. The Morgan fingerprint density at radius 2 is 2.12 bits per heavy atom. The van der Waals surface area contributed by atoms with Gasteiger partial charge in [0.15, 0.2) is 0 Å². The Morgan fingerprint density at radius 3 is 2.88 bits per heavy atom. The van der Waals surface area contributed by atoms with Crippen LogP contribution in [0.5, 0.6) is 5.75 Å². The summed E-state index contributed by atoms with van der Waals surface area (Å²) in [5.74, 6) is 1.60. The largest absolute Gasteiger partial charge is 0.490 e. The fraction of sp³-hybridized carbons (Fsp3) is 0.571. The Kier molecular flexibility index (Phi) is 3.83. The number of rotatable bonds is 4. The zero-order valence-corrected chi connectivity index (χ0v) is 9.99. The fourth-order valence-electron chi connectivity index (χ4n) is 2.50. The molecule has 0 aliphatic heterocycles. The summed E-state index contributed by atoms with van der Waals surface area (Å²) in [4.78, 5) is 0. The zero-order chi connectivity index (χ0) is 11.4. The second-order valence-electron chi connectivity index (χ2n) is 4.54. The van der Waals surface area contributed by atoms with Crippen LogP contribution in [0.2, 0.25) is 0 Å². The van der Waals surface area contributed by atoms with Crippen LogP contribution in [0.1, 0.15) is 31.7 Å². The van der Waals surface area contributed by atoms with Gasteiger partial charge in [-0.2, -0.15) is 0 Å². The fourth-order valence-corrected chi connectivity index (χ4v) is 2.50. The quantitative estimate of drug-likeness (QED) is 0.845. The molecular formula is C14H21NO. The van der Waals surface area contributed by atoms with Crippen molar-refractivity contribution < 1.29 is 4.74 Å². The van der Waals surface area contributed by atoms with Crippen molar-refractivity contribution >= 4 is 0 Å². The molecule has 2 N–H and O–H groups in total. The second kappa shape index (κ2) is 5.35. The first-order chi connectivity index (χ1) is 7.85. The third-order valence-corrected chi connectivity index (χ3v) is 3.52. The first-order valence-electron chi connectivity index (χ1n) is 6.29. The maximum absolute atomic E-state index is 6.12. The van der Waals surface area contributed by atoms with Crippen molar-refractivity contribution in [2.24, 2.45) is 11.7 Å². The van der Waals surface area contributed by atoms with Gasteiger partial charge in [-0.3, -0.25) is 0 Å². The first-order valence-corrected chi connectivity index (χ1v) is 6.29. The molecule has 0 heterocycles. The highest BCUT2D eigenvalue weighted by molar-refractivity contribution is 5.33. The Hall–Kier alpha value is -1.02. The molecule has 0 bridgehead atoms. The molecule has 2 nitrogen and oxygen atoms in total. The van der Waals surface area contributed by atoms with Gasteiger partial charge in [0.25, 0.3) is 0 Å². The Balaban J connectivity index is 2.08. The van der Waals surface area contributed by atoms with Crippen LogP contribution in [0.15, 0.2) is 24.3 Å². The van der Waals surface area contributed by atoms with E-state index in [1.54, 1.807) is 0 Å². The lowest BCUT2D eigenvalue weighted by atomic mass is 10.1. The summed E-state index contributed by atoms with van der Waals surface area (Å²) in [6.07, 6.45) is 4.98. The molecule has 0 spiro atoms. The summed E-state index contributed by atoms with van der Waals surface area (Å²) >= 11 is 0. The van der Waals surface area contributed by atoms with E-state index in [1.165, 1.54) is 18.4 Å². The first kappa shape index (κ1) is 11.5. The summed E-state index contributed by atoms with van der Waals surface area (Å²) in [5, 5.41) is 0. The lowest BCUT2D eigenvalue weighted by Gasteiger charge is -2.21. The smallest absolute Gasteiger partial charge is 0.122 e. The van der Waals surface area contributed by atoms with E-state index in [4.69, 9.17) is 10.5 Å². The van der Waals surface area contributed by atoms with Crippen molar-refractivity contribution in [2.75, 3.05) is 6.54 Å². The van der Waals surface area contributed by atoms with Gasteiger partial charge in [-0.25, -0.2) is 0 Å². The normalized spacial score (nSPS) is 24.6.